The molecule has 1 aromatic carbocycles. The fourth-order valence-electron chi connectivity index (χ4n) is 2.39. The zero-order valence-electron chi connectivity index (χ0n) is 14.3. The van der Waals surface area contributed by atoms with E-state index >= 15 is 0 Å². The van der Waals surface area contributed by atoms with Crippen LogP contribution in [-0.2, 0) is 6.42 Å². The molecular weight excluding hydrogens is 302 g/mol. The quantitative estimate of drug-likeness (QED) is 0.694. The second kappa shape index (κ2) is 9.55. The van der Waals surface area contributed by atoms with E-state index < -0.39 is 0 Å². The molecule has 0 saturated heterocycles. The lowest BCUT2D eigenvalue weighted by Gasteiger charge is -2.10. The maximum absolute atomic E-state index is 12.1. The number of carbonyl (C=O) groups is 1. The van der Waals surface area contributed by atoms with Gasteiger partial charge in [-0.1, -0.05) is 31.5 Å². The lowest BCUT2D eigenvalue weighted by Crippen LogP contribution is -2.24. The van der Waals surface area contributed by atoms with Crippen LogP contribution >= 0.6 is 0 Å². The van der Waals surface area contributed by atoms with Crippen molar-refractivity contribution in [3.05, 3.63) is 53.9 Å². The van der Waals surface area contributed by atoms with Gasteiger partial charge in [0.1, 0.15) is 5.75 Å². The van der Waals surface area contributed by atoms with Crippen molar-refractivity contribution >= 4 is 11.6 Å². The van der Waals surface area contributed by atoms with Gasteiger partial charge < -0.3 is 15.4 Å². The first-order valence-corrected chi connectivity index (χ1v) is 8.33. The van der Waals surface area contributed by atoms with Crippen LogP contribution < -0.4 is 15.4 Å². The number of para-hydroxylation sites is 1. The van der Waals surface area contributed by atoms with Gasteiger partial charge in [0.15, 0.2) is 0 Å². The third-order valence-corrected chi connectivity index (χ3v) is 3.73. The number of methoxy groups -OCH3 is 1. The summed E-state index contributed by atoms with van der Waals surface area (Å²) in [6.07, 6.45) is 6.19. The van der Waals surface area contributed by atoms with Gasteiger partial charge >= 0.3 is 0 Å². The lowest BCUT2D eigenvalue weighted by molar-refractivity contribution is 0.0953. The topological polar surface area (TPSA) is 63.2 Å². The Balaban J connectivity index is 1.89. The molecule has 1 aromatic heterocycles. The third-order valence-electron chi connectivity index (χ3n) is 3.73. The molecule has 0 saturated carbocycles. The third kappa shape index (κ3) is 5.26. The molecule has 128 valence electrons. The normalized spacial score (nSPS) is 10.2. The average molecular weight is 327 g/mol. The summed E-state index contributed by atoms with van der Waals surface area (Å²) in [6.45, 7) is 3.53. The fraction of sp³-hybridized carbons (Fsp3) is 0.368. The number of ether oxygens (including phenoxy) is 1. The molecule has 0 fully saturated rings. The first-order chi connectivity index (χ1) is 11.7. The van der Waals surface area contributed by atoms with E-state index in [2.05, 4.69) is 28.6 Å². The SMILES string of the molecule is CCCCNC(=O)c1cncc(NCCc2ccccc2OC)c1. The fourth-order valence-corrected chi connectivity index (χ4v) is 2.39. The van der Waals surface area contributed by atoms with Crippen molar-refractivity contribution in [3.63, 3.8) is 0 Å². The molecule has 0 unspecified atom stereocenters. The van der Waals surface area contributed by atoms with Crippen LogP contribution in [0.1, 0.15) is 35.7 Å². The number of benzene rings is 1. The molecule has 5 nitrogen and oxygen atoms in total. The molecule has 2 N–H and O–H groups in total. The van der Waals surface area contributed by atoms with Gasteiger partial charge in [0.25, 0.3) is 5.91 Å². The Morgan fingerprint density at radius 3 is 2.83 bits per heavy atom. The van der Waals surface area contributed by atoms with Gasteiger partial charge in [-0.2, -0.15) is 0 Å². The molecule has 1 heterocycles. The number of pyridine rings is 1. The van der Waals surface area contributed by atoms with Gasteiger partial charge in [0, 0.05) is 25.5 Å². The van der Waals surface area contributed by atoms with Crippen LogP contribution in [0.15, 0.2) is 42.7 Å². The summed E-state index contributed by atoms with van der Waals surface area (Å²) < 4.78 is 5.35. The minimum absolute atomic E-state index is 0.0793. The Kier molecular flexibility index (Phi) is 7.08. The van der Waals surface area contributed by atoms with Gasteiger partial charge in [-0.3, -0.25) is 9.78 Å². The zero-order valence-corrected chi connectivity index (χ0v) is 14.3. The van der Waals surface area contributed by atoms with Crippen molar-refractivity contribution in [3.8, 4) is 5.75 Å². The van der Waals surface area contributed by atoms with Crippen molar-refractivity contribution in [2.24, 2.45) is 0 Å². The standard InChI is InChI=1S/C19H25N3O2/c1-3-4-10-22-19(23)16-12-17(14-20-13-16)21-11-9-15-7-5-6-8-18(15)24-2/h5-8,12-14,21H,3-4,9-11H2,1-2H3,(H,22,23). The van der Waals surface area contributed by atoms with E-state index in [-0.39, 0.29) is 5.91 Å². The van der Waals surface area contributed by atoms with Crippen molar-refractivity contribution < 1.29 is 9.53 Å². The number of anilines is 1. The molecule has 0 bridgehead atoms. The Morgan fingerprint density at radius 1 is 1.21 bits per heavy atom. The highest BCUT2D eigenvalue weighted by atomic mass is 16.5. The Hall–Kier alpha value is -2.56. The molecule has 0 aliphatic rings. The molecule has 0 atom stereocenters. The van der Waals surface area contributed by atoms with Crippen molar-refractivity contribution in [2.75, 3.05) is 25.5 Å². The maximum Gasteiger partial charge on any atom is 0.252 e. The van der Waals surface area contributed by atoms with Crippen LogP contribution in [0.25, 0.3) is 0 Å². The number of rotatable bonds is 9. The lowest BCUT2D eigenvalue weighted by atomic mass is 10.1. The summed E-state index contributed by atoms with van der Waals surface area (Å²) in [6, 6.07) is 9.80. The van der Waals surface area contributed by atoms with Gasteiger partial charge in [0.2, 0.25) is 0 Å². The highest BCUT2D eigenvalue weighted by molar-refractivity contribution is 5.94. The van der Waals surface area contributed by atoms with E-state index in [4.69, 9.17) is 4.74 Å². The number of amides is 1. The van der Waals surface area contributed by atoms with Crippen LogP contribution in [-0.4, -0.2) is 31.1 Å². The summed E-state index contributed by atoms with van der Waals surface area (Å²) in [7, 11) is 1.68. The van der Waals surface area contributed by atoms with Crippen molar-refractivity contribution in [1.29, 1.82) is 0 Å². The number of carbonyl (C=O) groups excluding carboxylic acids is 1. The number of hydrogen-bond acceptors (Lipinski definition) is 4. The first-order valence-electron chi connectivity index (χ1n) is 8.33. The second-order valence-electron chi connectivity index (χ2n) is 5.56. The zero-order chi connectivity index (χ0) is 17.2. The van der Waals surface area contributed by atoms with Gasteiger partial charge in [-0.15, -0.1) is 0 Å². The number of aromatic nitrogens is 1. The van der Waals surface area contributed by atoms with E-state index in [1.807, 2.05) is 24.3 Å². The molecule has 2 rings (SSSR count). The van der Waals surface area contributed by atoms with Gasteiger partial charge in [-0.25, -0.2) is 0 Å². The number of hydrogen-bond donors (Lipinski definition) is 2. The van der Waals surface area contributed by atoms with E-state index in [0.717, 1.165) is 42.8 Å². The highest BCUT2D eigenvalue weighted by Gasteiger charge is 2.06. The van der Waals surface area contributed by atoms with Crippen LogP contribution in [0, 0.1) is 0 Å². The molecule has 2 aromatic rings. The molecule has 24 heavy (non-hydrogen) atoms. The van der Waals surface area contributed by atoms with E-state index in [0.29, 0.717) is 12.1 Å². The minimum Gasteiger partial charge on any atom is -0.496 e. The molecule has 5 heteroatoms. The predicted octanol–water partition coefficient (Wildman–Crippen LogP) is 3.27. The summed E-state index contributed by atoms with van der Waals surface area (Å²) in [5.74, 6) is 0.811. The summed E-state index contributed by atoms with van der Waals surface area (Å²) in [5.41, 5.74) is 2.57. The smallest absolute Gasteiger partial charge is 0.252 e. The molecule has 0 aliphatic heterocycles. The van der Waals surface area contributed by atoms with Gasteiger partial charge in [0.05, 0.1) is 18.4 Å². The maximum atomic E-state index is 12.1. The molecule has 0 spiro atoms. The van der Waals surface area contributed by atoms with Crippen LogP contribution in [0.4, 0.5) is 5.69 Å². The van der Waals surface area contributed by atoms with Gasteiger partial charge in [-0.05, 0) is 30.5 Å². The van der Waals surface area contributed by atoms with E-state index in [9.17, 15) is 4.79 Å². The summed E-state index contributed by atoms with van der Waals surface area (Å²) in [5, 5.41) is 6.21. The van der Waals surface area contributed by atoms with Crippen molar-refractivity contribution in [2.45, 2.75) is 26.2 Å². The first kappa shape index (κ1) is 17.8. The van der Waals surface area contributed by atoms with Crippen LogP contribution in [0.3, 0.4) is 0 Å². The molecule has 0 aliphatic carbocycles. The Morgan fingerprint density at radius 2 is 2.04 bits per heavy atom. The van der Waals surface area contributed by atoms with Crippen LogP contribution in [0.2, 0.25) is 0 Å². The second-order valence-corrected chi connectivity index (χ2v) is 5.56. The largest absolute Gasteiger partial charge is 0.496 e. The summed E-state index contributed by atoms with van der Waals surface area (Å²) in [4.78, 5) is 16.2. The predicted molar refractivity (Wildman–Crippen MR) is 96.7 cm³/mol. The molecule has 1 amide bonds. The van der Waals surface area contributed by atoms with E-state index in [1.54, 1.807) is 19.5 Å². The summed E-state index contributed by atoms with van der Waals surface area (Å²) >= 11 is 0. The Bertz CT molecular complexity index is 659. The highest BCUT2D eigenvalue weighted by Crippen LogP contribution is 2.18. The molecule has 0 radical (unpaired) electrons. The number of unbranched alkanes of at least 4 members (excludes halogenated alkanes) is 1. The number of nitrogens with one attached hydrogen (secondary N) is 2. The average Bonchev–Trinajstić information content (AvgIpc) is 2.62. The minimum atomic E-state index is -0.0793. The number of nitrogens with zero attached hydrogens (tertiary/aromatic N) is 1. The van der Waals surface area contributed by atoms with Crippen LogP contribution in [0.5, 0.6) is 5.75 Å². The van der Waals surface area contributed by atoms with E-state index in [1.165, 1.54) is 0 Å². The Labute approximate surface area is 143 Å². The monoisotopic (exact) mass is 327 g/mol. The van der Waals surface area contributed by atoms with Crippen molar-refractivity contribution in [1.82, 2.24) is 10.3 Å². The molecular formula is C19H25N3O2.